The Labute approximate surface area is 207 Å². The molecule has 196 valence electrons. The molecule has 0 radical (unpaired) electrons. The van der Waals surface area contributed by atoms with Gasteiger partial charge in [0.15, 0.2) is 0 Å². The maximum absolute atomic E-state index is 12.5. The van der Waals surface area contributed by atoms with E-state index in [1.54, 1.807) is 13.0 Å². The van der Waals surface area contributed by atoms with Gasteiger partial charge in [0.05, 0.1) is 25.1 Å². The molecule has 1 aromatic heterocycles. The van der Waals surface area contributed by atoms with Gasteiger partial charge in [-0.15, -0.1) is 0 Å². The molecule has 1 aromatic carbocycles. The Morgan fingerprint density at radius 3 is 2.22 bits per heavy atom. The Bertz CT molecular complexity index is 1170. The summed E-state index contributed by atoms with van der Waals surface area (Å²) < 4.78 is 5.43. The number of nitrogens with zero attached hydrogens (tertiary/aromatic N) is 2. The SMILES string of the molecule is Cc1c(CC(=O)NCCCCC(C(=O)O)N(CC(=O)O)CC(=O)O)c(=O)oc2cc(N(C)C)ccc12. The van der Waals surface area contributed by atoms with Crippen LogP contribution in [0.3, 0.4) is 0 Å². The molecular formula is C24H31N3O9. The highest BCUT2D eigenvalue weighted by Crippen LogP contribution is 2.24. The van der Waals surface area contributed by atoms with Crippen LogP contribution >= 0.6 is 0 Å². The van der Waals surface area contributed by atoms with Gasteiger partial charge in [-0.25, -0.2) is 4.79 Å². The Morgan fingerprint density at radius 2 is 1.67 bits per heavy atom. The standard InChI is InChI=1S/C24H31N3O9/c1-14-16-8-7-15(26(2)3)10-19(16)36-24(35)17(14)11-20(28)25-9-5-4-6-18(23(33)34)27(12-21(29)30)13-22(31)32/h7-8,10,18H,4-6,9,11-13H2,1-3H3,(H,25,28)(H,29,30)(H,31,32)(H,33,34). The first-order valence-electron chi connectivity index (χ1n) is 11.3. The smallest absolute Gasteiger partial charge is 0.340 e. The van der Waals surface area contributed by atoms with Crippen molar-refractivity contribution in [2.45, 2.75) is 38.6 Å². The molecule has 0 bridgehead atoms. The molecule has 1 atom stereocenters. The molecule has 0 saturated carbocycles. The van der Waals surface area contributed by atoms with Crippen molar-refractivity contribution in [2.75, 3.05) is 38.6 Å². The summed E-state index contributed by atoms with van der Waals surface area (Å²) in [4.78, 5) is 61.2. The zero-order chi connectivity index (χ0) is 27.0. The number of carbonyl (C=O) groups is 4. The summed E-state index contributed by atoms with van der Waals surface area (Å²) in [5.74, 6) is -4.39. The van der Waals surface area contributed by atoms with E-state index >= 15 is 0 Å². The van der Waals surface area contributed by atoms with Gasteiger partial charge in [-0.2, -0.15) is 0 Å². The number of nitrogens with one attached hydrogen (secondary N) is 1. The normalized spacial score (nSPS) is 11.9. The zero-order valence-electron chi connectivity index (χ0n) is 20.4. The Morgan fingerprint density at radius 1 is 1.03 bits per heavy atom. The van der Waals surface area contributed by atoms with Gasteiger partial charge in [0, 0.05) is 37.8 Å². The van der Waals surface area contributed by atoms with Crippen LogP contribution in [0.1, 0.15) is 30.4 Å². The molecule has 0 spiro atoms. The summed E-state index contributed by atoms with van der Waals surface area (Å²) in [5.41, 5.74) is 1.62. The summed E-state index contributed by atoms with van der Waals surface area (Å²) in [6, 6.07) is 4.19. The second-order valence-electron chi connectivity index (χ2n) is 8.64. The predicted molar refractivity (Wildman–Crippen MR) is 130 cm³/mol. The number of carboxylic acid groups (broad SMARTS) is 3. The van der Waals surface area contributed by atoms with Crippen LogP contribution in [0.25, 0.3) is 11.0 Å². The van der Waals surface area contributed by atoms with Crippen LogP contribution in [0.2, 0.25) is 0 Å². The second-order valence-corrected chi connectivity index (χ2v) is 8.64. The third-order valence-corrected chi connectivity index (χ3v) is 5.75. The first kappa shape index (κ1) is 28.3. The van der Waals surface area contributed by atoms with Gasteiger partial charge in [-0.3, -0.25) is 24.1 Å². The number of hydrogen-bond acceptors (Lipinski definition) is 8. The summed E-state index contributed by atoms with van der Waals surface area (Å²) in [6.07, 6.45) is 0.511. The molecule has 4 N–H and O–H groups in total. The van der Waals surface area contributed by atoms with E-state index in [2.05, 4.69) is 5.32 Å². The maximum atomic E-state index is 12.5. The lowest BCUT2D eigenvalue weighted by Gasteiger charge is -2.25. The number of carbonyl (C=O) groups excluding carboxylic acids is 1. The van der Waals surface area contributed by atoms with Gasteiger partial charge in [0.1, 0.15) is 11.6 Å². The van der Waals surface area contributed by atoms with E-state index in [-0.39, 0.29) is 24.9 Å². The molecule has 2 aromatic rings. The van der Waals surface area contributed by atoms with E-state index in [1.807, 2.05) is 31.1 Å². The fourth-order valence-electron chi connectivity index (χ4n) is 3.86. The van der Waals surface area contributed by atoms with E-state index < -0.39 is 48.6 Å². The van der Waals surface area contributed by atoms with E-state index in [0.29, 0.717) is 24.0 Å². The van der Waals surface area contributed by atoms with Crippen molar-refractivity contribution < 1.29 is 38.9 Å². The number of amides is 1. The third kappa shape index (κ3) is 7.80. The average Bonchev–Trinajstić information content (AvgIpc) is 2.77. The summed E-state index contributed by atoms with van der Waals surface area (Å²) >= 11 is 0. The van der Waals surface area contributed by atoms with Crippen molar-refractivity contribution in [2.24, 2.45) is 0 Å². The van der Waals surface area contributed by atoms with Gasteiger partial charge in [-0.1, -0.05) is 0 Å². The molecule has 0 fully saturated rings. The minimum absolute atomic E-state index is 0.00801. The highest BCUT2D eigenvalue weighted by molar-refractivity contribution is 5.86. The van der Waals surface area contributed by atoms with Crippen molar-refractivity contribution in [3.05, 3.63) is 39.7 Å². The van der Waals surface area contributed by atoms with Crippen LogP contribution in [0.5, 0.6) is 0 Å². The number of hydrogen-bond donors (Lipinski definition) is 4. The van der Waals surface area contributed by atoms with Crippen molar-refractivity contribution in [3.63, 3.8) is 0 Å². The van der Waals surface area contributed by atoms with Crippen LogP contribution in [0, 0.1) is 6.92 Å². The van der Waals surface area contributed by atoms with Crippen molar-refractivity contribution in [1.29, 1.82) is 0 Å². The van der Waals surface area contributed by atoms with Crippen LogP contribution in [-0.2, 0) is 25.6 Å². The number of benzene rings is 1. The van der Waals surface area contributed by atoms with Gasteiger partial charge >= 0.3 is 23.5 Å². The number of anilines is 1. The molecule has 1 unspecified atom stereocenters. The second kappa shape index (κ2) is 12.7. The lowest BCUT2D eigenvalue weighted by Crippen LogP contribution is -2.46. The predicted octanol–water partition coefficient (Wildman–Crippen LogP) is 0.921. The largest absolute Gasteiger partial charge is 0.480 e. The molecule has 1 heterocycles. The molecule has 0 aliphatic rings. The van der Waals surface area contributed by atoms with E-state index in [1.165, 1.54) is 0 Å². The van der Waals surface area contributed by atoms with Crippen LogP contribution < -0.4 is 15.8 Å². The first-order valence-corrected chi connectivity index (χ1v) is 11.3. The van der Waals surface area contributed by atoms with Crippen LogP contribution in [0.15, 0.2) is 27.4 Å². The fraction of sp³-hybridized carbons (Fsp3) is 0.458. The number of rotatable bonds is 14. The van der Waals surface area contributed by atoms with Crippen LogP contribution in [-0.4, -0.2) is 83.8 Å². The molecule has 2 rings (SSSR count). The van der Waals surface area contributed by atoms with E-state index in [9.17, 15) is 29.1 Å². The topological polar surface area (TPSA) is 178 Å². The summed E-state index contributed by atoms with van der Waals surface area (Å²) in [7, 11) is 3.74. The molecule has 0 saturated heterocycles. The Balaban J connectivity index is 1.94. The lowest BCUT2D eigenvalue weighted by atomic mass is 10.0. The quantitative estimate of drug-likeness (QED) is 0.212. The first-order chi connectivity index (χ1) is 16.9. The Hall–Kier alpha value is -3.93. The number of aryl methyl sites for hydroxylation is 1. The number of carboxylic acids is 3. The van der Waals surface area contributed by atoms with Crippen molar-refractivity contribution in [3.8, 4) is 0 Å². The molecular weight excluding hydrogens is 474 g/mol. The lowest BCUT2D eigenvalue weighted by molar-refractivity contribution is -0.149. The van der Waals surface area contributed by atoms with Gasteiger partial charge in [0.2, 0.25) is 5.91 Å². The van der Waals surface area contributed by atoms with E-state index in [4.69, 9.17) is 14.6 Å². The third-order valence-electron chi connectivity index (χ3n) is 5.75. The number of fused-ring (bicyclic) bond motifs is 1. The number of unbranched alkanes of at least 4 members (excludes halogenated alkanes) is 1. The van der Waals surface area contributed by atoms with Crippen molar-refractivity contribution in [1.82, 2.24) is 10.2 Å². The molecule has 12 heteroatoms. The van der Waals surface area contributed by atoms with Gasteiger partial charge in [-0.05, 0) is 43.9 Å². The average molecular weight is 506 g/mol. The molecule has 36 heavy (non-hydrogen) atoms. The monoisotopic (exact) mass is 505 g/mol. The molecule has 0 aliphatic heterocycles. The van der Waals surface area contributed by atoms with Gasteiger partial charge < -0.3 is 30.0 Å². The zero-order valence-corrected chi connectivity index (χ0v) is 20.4. The maximum Gasteiger partial charge on any atom is 0.340 e. The Kier molecular flexibility index (Phi) is 9.97. The number of aliphatic carboxylic acids is 3. The molecule has 12 nitrogen and oxygen atoms in total. The molecule has 1 amide bonds. The van der Waals surface area contributed by atoms with Gasteiger partial charge in [0.25, 0.3) is 0 Å². The summed E-state index contributed by atoms with van der Waals surface area (Å²) in [6.45, 7) is 0.519. The highest BCUT2D eigenvalue weighted by atomic mass is 16.4. The summed E-state index contributed by atoms with van der Waals surface area (Å²) in [5, 5.41) is 30.7. The van der Waals surface area contributed by atoms with Crippen LogP contribution in [0.4, 0.5) is 5.69 Å². The highest BCUT2D eigenvalue weighted by Gasteiger charge is 2.28. The van der Waals surface area contributed by atoms with Crippen molar-refractivity contribution >= 4 is 40.5 Å². The van der Waals surface area contributed by atoms with E-state index in [0.717, 1.165) is 16.0 Å². The minimum atomic E-state index is -1.33. The minimum Gasteiger partial charge on any atom is -0.480 e. The fourth-order valence-corrected chi connectivity index (χ4v) is 3.86. The molecule has 0 aliphatic carbocycles.